The van der Waals surface area contributed by atoms with Crippen LogP contribution in [0.1, 0.15) is 30.0 Å². The number of benzene rings is 2. The van der Waals surface area contributed by atoms with E-state index in [1.54, 1.807) is 7.11 Å². The van der Waals surface area contributed by atoms with E-state index in [2.05, 4.69) is 40.5 Å². The Morgan fingerprint density at radius 1 is 1.12 bits per heavy atom. The van der Waals surface area contributed by atoms with Crippen molar-refractivity contribution in [2.45, 2.75) is 31.5 Å². The highest BCUT2D eigenvalue weighted by atomic mass is 35.5. The van der Waals surface area contributed by atoms with Crippen LogP contribution in [0.2, 0.25) is 5.02 Å². The number of fused-ring (bicyclic) bond motifs is 3. The highest BCUT2D eigenvalue weighted by Gasteiger charge is 2.42. The van der Waals surface area contributed by atoms with Gasteiger partial charge < -0.3 is 10.1 Å². The first-order chi connectivity index (χ1) is 12.3. The summed E-state index contributed by atoms with van der Waals surface area (Å²) in [5.41, 5.74) is 2.54. The van der Waals surface area contributed by atoms with E-state index in [-0.39, 0.29) is 0 Å². The second kappa shape index (κ2) is 7.36. The Morgan fingerprint density at radius 3 is 2.60 bits per heavy atom. The van der Waals surface area contributed by atoms with Gasteiger partial charge in [-0.3, -0.25) is 4.90 Å². The van der Waals surface area contributed by atoms with E-state index in [4.69, 9.17) is 16.3 Å². The van der Waals surface area contributed by atoms with Gasteiger partial charge in [0, 0.05) is 23.2 Å². The number of ether oxygens (including phenoxy) is 1. The fraction of sp³-hybridized carbons (Fsp3) is 0.429. The second-order valence-corrected chi connectivity index (χ2v) is 7.53. The summed E-state index contributed by atoms with van der Waals surface area (Å²) in [6, 6.07) is 17.7. The molecule has 0 amide bonds. The van der Waals surface area contributed by atoms with Crippen LogP contribution in [0.3, 0.4) is 0 Å². The van der Waals surface area contributed by atoms with Gasteiger partial charge in [-0.05, 0) is 55.6 Å². The molecule has 0 aliphatic carbocycles. The van der Waals surface area contributed by atoms with Gasteiger partial charge in [-0.1, -0.05) is 41.9 Å². The molecule has 2 aromatic rings. The van der Waals surface area contributed by atoms with Crippen molar-refractivity contribution in [2.75, 3.05) is 20.2 Å². The van der Waals surface area contributed by atoms with Gasteiger partial charge in [-0.25, -0.2) is 0 Å². The van der Waals surface area contributed by atoms with Crippen LogP contribution in [0, 0.1) is 5.92 Å². The van der Waals surface area contributed by atoms with Gasteiger partial charge in [-0.2, -0.15) is 0 Å². The summed E-state index contributed by atoms with van der Waals surface area (Å²) in [6.07, 6.45) is 2.57. The zero-order valence-corrected chi connectivity index (χ0v) is 15.4. The summed E-state index contributed by atoms with van der Waals surface area (Å²) in [6.45, 7) is 3.20. The Morgan fingerprint density at radius 2 is 1.88 bits per heavy atom. The van der Waals surface area contributed by atoms with E-state index in [1.807, 2.05) is 18.2 Å². The van der Waals surface area contributed by atoms with Gasteiger partial charge in [0.2, 0.25) is 0 Å². The monoisotopic (exact) mass is 356 g/mol. The molecule has 3 heterocycles. The van der Waals surface area contributed by atoms with Crippen LogP contribution < -0.4 is 10.1 Å². The van der Waals surface area contributed by atoms with Crippen molar-refractivity contribution in [1.29, 1.82) is 0 Å². The lowest BCUT2D eigenvalue weighted by Crippen LogP contribution is -2.57. The lowest BCUT2D eigenvalue weighted by molar-refractivity contribution is 0.0112. The van der Waals surface area contributed by atoms with Crippen molar-refractivity contribution in [3.8, 4) is 5.75 Å². The Kier molecular flexibility index (Phi) is 4.98. The van der Waals surface area contributed by atoms with E-state index >= 15 is 0 Å². The molecule has 0 saturated carbocycles. The van der Waals surface area contributed by atoms with Crippen molar-refractivity contribution >= 4 is 11.6 Å². The minimum absolute atomic E-state index is 0.457. The largest absolute Gasteiger partial charge is 0.496 e. The predicted molar refractivity (Wildman–Crippen MR) is 102 cm³/mol. The molecule has 2 aromatic carbocycles. The summed E-state index contributed by atoms with van der Waals surface area (Å²) in [5, 5.41) is 4.60. The van der Waals surface area contributed by atoms with Crippen molar-refractivity contribution in [2.24, 2.45) is 5.92 Å². The Balaban J connectivity index is 1.56. The molecule has 4 heteroatoms. The third-order valence-corrected chi connectivity index (χ3v) is 5.96. The Labute approximate surface area is 154 Å². The first-order valence-electron chi connectivity index (χ1n) is 9.11. The molecule has 132 valence electrons. The Hall–Kier alpha value is -1.55. The molecule has 5 rings (SSSR count). The van der Waals surface area contributed by atoms with E-state index in [0.29, 0.717) is 12.1 Å². The molecule has 0 radical (unpaired) electrons. The standard InChI is InChI=1S/C21H25ClN2O/c1-25-19-8-7-18(22)13-17(19)14-23-20-15-9-11-24(12-10-15)21(20)16-5-3-2-4-6-16/h2-8,13,15,20-21,23H,9-12,14H2,1H3. The SMILES string of the molecule is COc1ccc(Cl)cc1CNC1C2CCN(CC2)C1c1ccccc1. The number of methoxy groups -OCH3 is 1. The molecule has 0 spiro atoms. The maximum Gasteiger partial charge on any atom is 0.123 e. The summed E-state index contributed by atoms with van der Waals surface area (Å²) >= 11 is 6.19. The van der Waals surface area contributed by atoms with Crippen LogP contribution in [0.4, 0.5) is 0 Å². The van der Waals surface area contributed by atoms with E-state index < -0.39 is 0 Å². The lowest BCUT2D eigenvalue weighted by atomic mass is 9.76. The van der Waals surface area contributed by atoms with Gasteiger partial charge in [0.1, 0.15) is 5.75 Å². The number of halogens is 1. The minimum atomic E-state index is 0.457. The zero-order valence-electron chi connectivity index (χ0n) is 14.6. The van der Waals surface area contributed by atoms with Crippen LogP contribution in [-0.4, -0.2) is 31.1 Å². The molecule has 3 nitrogen and oxygen atoms in total. The first kappa shape index (κ1) is 16.9. The highest BCUT2D eigenvalue weighted by Crippen LogP contribution is 2.41. The number of hydrogen-bond donors (Lipinski definition) is 1. The number of hydrogen-bond acceptors (Lipinski definition) is 3. The predicted octanol–water partition coefficient (Wildman–Crippen LogP) is 4.27. The van der Waals surface area contributed by atoms with Crippen molar-refractivity contribution in [3.05, 3.63) is 64.7 Å². The van der Waals surface area contributed by atoms with Crippen molar-refractivity contribution < 1.29 is 4.74 Å². The summed E-state index contributed by atoms with van der Waals surface area (Å²) in [7, 11) is 1.72. The molecule has 2 bridgehead atoms. The molecule has 3 aliphatic heterocycles. The number of nitrogens with zero attached hydrogens (tertiary/aromatic N) is 1. The van der Waals surface area contributed by atoms with Gasteiger partial charge in [-0.15, -0.1) is 0 Å². The molecule has 2 unspecified atom stereocenters. The molecule has 3 fully saturated rings. The number of piperidine rings is 3. The second-order valence-electron chi connectivity index (χ2n) is 7.09. The lowest BCUT2D eigenvalue weighted by Gasteiger charge is -2.51. The average molecular weight is 357 g/mol. The highest BCUT2D eigenvalue weighted by molar-refractivity contribution is 6.30. The molecule has 3 saturated heterocycles. The van der Waals surface area contributed by atoms with Crippen molar-refractivity contribution in [1.82, 2.24) is 10.2 Å². The maximum absolute atomic E-state index is 6.19. The van der Waals surface area contributed by atoms with Crippen molar-refractivity contribution in [3.63, 3.8) is 0 Å². The quantitative estimate of drug-likeness (QED) is 0.865. The zero-order chi connectivity index (χ0) is 17.2. The molecule has 0 aromatic heterocycles. The van der Waals surface area contributed by atoms with E-state index in [0.717, 1.165) is 28.8 Å². The maximum atomic E-state index is 6.19. The molecule has 2 atom stereocenters. The average Bonchev–Trinajstić information content (AvgIpc) is 2.67. The van der Waals surface area contributed by atoms with Crippen LogP contribution in [0.15, 0.2) is 48.5 Å². The van der Waals surface area contributed by atoms with Crippen LogP contribution in [0.25, 0.3) is 0 Å². The molecular formula is C21H25ClN2O. The fourth-order valence-corrected chi connectivity index (χ4v) is 4.70. The molecule has 25 heavy (non-hydrogen) atoms. The van der Waals surface area contributed by atoms with Gasteiger partial charge >= 0.3 is 0 Å². The summed E-state index contributed by atoms with van der Waals surface area (Å²) in [4.78, 5) is 2.64. The summed E-state index contributed by atoms with van der Waals surface area (Å²) < 4.78 is 5.50. The molecular weight excluding hydrogens is 332 g/mol. The third-order valence-electron chi connectivity index (χ3n) is 5.73. The Bertz CT molecular complexity index is 713. The molecule has 3 aliphatic rings. The van der Waals surface area contributed by atoms with Crippen LogP contribution in [0.5, 0.6) is 5.75 Å². The minimum Gasteiger partial charge on any atom is -0.496 e. The molecule has 1 N–H and O–H groups in total. The van der Waals surface area contributed by atoms with Gasteiger partial charge in [0.15, 0.2) is 0 Å². The summed E-state index contributed by atoms with van der Waals surface area (Å²) in [5.74, 6) is 1.63. The van der Waals surface area contributed by atoms with Crippen LogP contribution >= 0.6 is 11.6 Å². The number of nitrogens with one attached hydrogen (secondary N) is 1. The van der Waals surface area contributed by atoms with Gasteiger partial charge in [0.05, 0.1) is 13.2 Å². The smallest absolute Gasteiger partial charge is 0.123 e. The van der Waals surface area contributed by atoms with E-state index in [9.17, 15) is 0 Å². The topological polar surface area (TPSA) is 24.5 Å². The normalized spacial score (nSPS) is 28.1. The third kappa shape index (κ3) is 3.41. The van der Waals surface area contributed by atoms with Gasteiger partial charge in [0.25, 0.3) is 0 Å². The first-order valence-corrected chi connectivity index (χ1v) is 9.49. The van der Waals surface area contributed by atoms with E-state index in [1.165, 1.54) is 31.5 Å². The fourth-order valence-electron chi connectivity index (χ4n) is 4.50. The van der Waals surface area contributed by atoms with Crippen LogP contribution in [-0.2, 0) is 6.54 Å². The number of rotatable bonds is 5.